The van der Waals surface area contributed by atoms with Gasteiger partial charge in [0.05, 0.1) is 6.61 Å². The van der Waals surface area contributed by atoms with E-state index in [1.54, 1.807) is 7.11 Å². The normalized spacial score (nSPS) is 28.3. The van der Waals surface area contributed by atoms with Gasteiger partial charge in [0, 0.05) is 32.3 Å². The topological polar surface area (TPSA) is 24.5 Å². The van der Waals surface area contributed by atoms with Crippen molar-refractivity contribution in [2.24, 2.45) is 0 Å². The van der Waals surface area contributed by atoms with E-state index in [0.717, 1.165) is 26.2 Å². The maximum Gasteiger partial charge on any atom is 0.0589 e. The van der Waals surface area contributed by atoms with Crippen molar-refractivity contribution in [1.29, 1.82) is 0 Å². The maximum absolute atomic E-state index is 5.12. The van der Waals surface area contributed by atoms with Gasteiger partial charge in [-0.1, -0.05) is 6.92 Å². The molecule has 0 aromatic carbocycles. The highest BCUT2D eigenvalue weighted by Crippen LogP contribution is 2.13. The molecule has 3 heteroatoms. The first-order valence-corrected chi connectivity index (χ1v) is 5.74. The number of rotatable bonds is 5. The molecule has 1 saturated heterocycles. The van der Waals surface area contributed by atoms with Crippen LogP contribution in [0.5, 0.6) is 0 Å². The summed E-state index contributed by atoms with van der Waals surface area (Å²) >= 11 is 0. The maximum atomic E-state index is 5.12. The number of methoxy groups -OCH3 is 1. The van der Waals surface area contributed by atoms with Gasteiger partial charge in [-0.25, -0.2) is 0 Å². The zero-order chi connectivity index (χ0) is 10.4. The highest BCUT2D eigenvalue weighted by atomic mass is 16.5. The fourth-order valence-corrected chi connectivity index (χ4v) is 2.10. The highest BCUT2D eigenvalue weighted by molar-refractivity contribution is 4.81. The van der Waals surface area contributed by atoms with Gasteiger partial charge < -0.3 is 10.1 Å². The average Bonchev–Trinajstić information content (AvgIpc) is 2.21. The van der Waals surface area contributed by atoms with Crippen molar-refractivity contribution in [3.05, 3.63) is 0 Å². The minimum atomic E-state index is 0.701. The molecule has 1 heterocycles. The third-order valence-corrected chi connectivity index (χ3v) is 3.14. The molecule has 1 fully saturated rings. The summed E-state index contributed by atoms with van der Waals surface area (Å²) in [6.45, 7) is 8.67. The minimum absolute atomic E-state index is 0.701. The van der Waals surface area contributed by atoms with Crippen LogP contribution in [-0.2, 0) is 4.74 Å². The summed E-state index contributed by atoms with van der Waals surface area (Å²) in [7, 11) is 1.77. The van der Waals surface area contributed by atoms with E-state index in [9.17, 15) is 0 Å². The number of nitrogens with zero attached hydrogens (tertiary/aromatic N) is 1. The van der Waals surface area contributed by atoms with Gasteiger partial charge in [0.2, 0.25) is 0 Å². The molecule has 2 atom stereocenters. The number of nitrogens with one attached hydrogen (secondary N) is 1. The van der Waals surface area contributed by atoms with Crippen molar-refractivity contribution < 1.29 is 4.74 Å². The van der Waals surface area contributed by atoms with Gasteiger partial charge in [0.1, 0.15) is 0 Å². The minimum Gasteiger partial charge on any atom is -0.383 e. The third kappa shape index (κ3) is 3.56. The number of hydrogen-bond donors (Lipinski definition) is 1. The summed E-state index contributed by atoms with van der Waals surface area (Å²) in [5.74, 6) is 0. The zero-order valence-electron chi connectivity index (χ0n) is 9.75. The lowest BCUT2D eigenvalue weighted by molar-refractivity contribution is 0.107. The monoisotopic (exact) mass is 200 g/mol. The van der Waals surface area contributed by atoms with E-state index in [2.05, 4.69) is 24.1 Å². The first-order chi connectivity index (χ1) is 6.77. The summed E-state index contributed by atoms with van der Waals surface area (Å²) in [4.78, 5) is 2.52. The molecular formula is C11H24N2O. The molecule has 0 aromatic rings. The molecule has 0 aliphatic carbocycles. The first-order valence-electron chi connectivity index (χ1n) is 5.74. The molecule has 1 aliphatic heterocycles. The molecule has 3 nitrogen and oxygen atoms in total. The van der Waals surface area contributed by atoms with Crippen molar-refractivity contribution in [2.45, 2.75) is 38.8 Å². The molecule has 1 rings (SSSR count). The largest absolute Gasteiger partial charge is 0.383 e. The Kier molecular flexibility index (Phi) is 5.45. The quantitative estimate of drug-likeness (QED) is 0.719. The van der Waals surface area contributed by atoms with Crippen LogP contribution in [0, 0.1) is 0 Å². The fraction of sp³-hybridized carbons (Fsp3) is 1.00. The van der Waals surface area contributed by atoms with Crippen LogP contribution < -0.4 is 5.32 Å². The van der Waals surface area contributed by atoms with Crippen molar-refractivity contribution in [2.75, 3.05) is 33.4 Å². The van der Waals surface area contributed by atoms with Gasteiger partial charge in [-0.05, 0) is 26.3 Å². The van der Waals surface area contributed by atoms with Crippen LogP contribution in [0.2, 0.25) is 0 Å². The van der Waals surface area contributed by atoms with Crippen molar-refractivity contribution >= 4 is 0 Å². The van der Waals surface area contributed by atoms with Gasteiger partial charge in [-0.3, -0.25) is 4.90 Å². The molecule has 14 heavy (non-hydrogen) atoms. The Bertz CT molecular complexity index is 141. The van der Waals surface area contributed by atoms with Gasteiger partial charge in [-0.2, -0.15) is 0 Å². The predicted octanol–water partition coefficient (Wildman–Crippen LogP) is 1.10. The van der Waals surface area contributed by atoms with E-state index in [1.807, 2.05) is 0 Å². The summed E-state index contributed by atoms with van der Waals surface area (Å²) in [5.41, 5.74) is 0. The summed E-state index contributed by atoms with van der Waals surface area (Å²) < 4.78 is 5.12. The van der Waals surface area contributed by atoms with E-state index < -0.39 is 0 Å². The van der Waals surface area contributed by atoms with Crippen LogP contribution in [0.4, 0.5) is 0 Å². The van der Waals surface area contributed by atoms with E-state index in [4.69, 9.17) is 4.74 Å². The first kappa shape index (κ1) is 12.0. The van der Waals surface area contributed by atoms with Gasteiger partial charge >= 0.3 is 0 Å². The lowest BCUT2D eigenvalue weighted by Crippen LogP contribution is -2.49. The Morgan fingerprint density at radius 2 is 2.21 bits per heavy atom. The Labute approximate surface area is 87.8 Å². The number of hydrogen-bond acceptors (Lipinski definition) is 3. The smallest absolute Gasteiger partial charge is 0.0589 e. The van der Waals surface area contributed by atoms with Crippen LogP contribution in [0.15, 0.2) is 0 Å². The molecule has 0 spiro atoms. The summed E-state index contributed by atoms with van der Waals surface area (Å²) in [6.07, 6.45) is 2.62. The van der Waals surface area contributed by atoms with Crippen molar-refractivity contribution in [1.82, 2.24) is 10.2 Å². The second-order valence-corrected chi connectivity index (χ2v) is 4.16. The lowest BCUT2D eigenvalue weighted by Gasteiger charge is -2.36. The van der Waals surface area contributed by atoms with Crippen LogP contribution in [0.1, 0.15) is 26.7 Å². The Hall–Kier alpha value is -0.120. The number of ether oxygens (including phenoxy) is 1. The van der Waals surface area contributed by atoms with Gasteiger partial charge in [0.15, 0.2) is 0 Å². The van der Waals surface area contributed by atoms with E-state index in [1.165, 1.54) is 12.8 Å². The van der Waals surface area contributed by atoms with E-state index in [0.29, 0.717) is 12.1 Å². The average molecular weight is 200 g/mol. The zero-order valence-corrected chi connectivity index (χ0v) is 9.75. The standard InChI is InChI=1S/C11H24N2O/c1-4-13(7-8-14-3)11-6-5-10(2)12-9-11/h10-12H,4-9H2,1-3H3. The second-order valence-electron chi connectivity index (χ2n) is 4.16. The van der Waals surface area contributed by atoms with E-state index >= 15 is 0 Å². The highest BCUT2D eigenvalue weighted by Gasteiger charge is 2.21. The fourth-order valence-electron chi connectivity index (χ4n) is 2.10. The van der Waals surface area contributed by atoms with Crippen LogP contribution in [-0.4, -0.2) is 50.3 Å². The molecule has 1 N–H and O–H groups in total. The summed E-state index contributed by atoms with van der Waals surface area (Å²) in [6, 6.07) is 1.42. The Morgan fingerprint density at radius 1 is 1.43 bits per heavy atom. The third-order valence-electron chi connectivity index (χ3n) is 3.14. The van der Waals surface area contributed by atoms with Gasteiger partial charge in [0.25, 0.3) is 0 Å². The second kappa shape index (κ2) is 6.38. The van der Waals surface area contributed by atoms with Gasteiger partial charge in [-0.15, -0.1) is 0 Å². The van der Waals surface area contributed by atoms with Crippen molar-refractivity contribution in [3.63, 3.8) is 0 Å². The Balaban J connectivity index is 2.29. The molecule has 0 bridgehead atoms. The van der Waals surface area contributed by atoms with E-state index in [-0.39, 0.29) is 0 Å². The molecular weight excluding hydrogens is 176 g/mol. The van der Waals surface area contributed by atoms with Crippen LogP contribution in [0.3, 0.4) is 0 Å². The molecule has 0 radical (unpaired) electrons. The van der Waals surface area contributed by atoms with Crippen molar-refractivity contribution in [3.8, 4) is 0 Å². The number of likely N-dealkylation sites (N-methyl/N-ethyl adjacent to an activating group) is 1. The molecule has 0 amide bonds. The van der Waals surface area contributed by atoms with Crippen LogP contribution >= 0.6 is 0 Å². The SMILES string of the molecule is CCN(CCOC)C1CCC(C)NC1. The summed E-state index contributed by atoms with van der Waals surface area (Å²) in [5, 5.41) is 3.54. The Morgan fingerprint density at radius 3 is 2.71 bits per heavy atom. The molecule has 2 unspecified atom stereocenters. The van der Waals surface area contributed by atoms with Crippen LogP contribution in [0.25, 0.3) is 0 Å². The molecule has 0 saturated carbocycles. The lowest BCUT2D eigenvalue weighted by atomic mass is 10.0. The molecule has 1 aliphatic rings. The number of piperidine rings is 1. The molecule has 84 valence electrons. The molecule has 0 aromatic heterocycles. The predicted molar refractivity (Wildman–Crippen MR) is 59.6 cm³/mol.